The van der Waals surface area contributed by atoms with Crippen LogP contribution in [0.15, 0.2) is 0 Å². The Morgan fingerprint density at radius 2 is 1.53 bits per heavy atom. The summed E-state index contributed by atoms with van der Waals surface area (Å²) in [6, 6.07) is 0. The lowest BCUT2D eigenvalue weighted by molar-refractivity contribution is -0.131. The molecule has 17 heavy (non-hydrogen) atoms. The largest absolute Gasteiger partial charge is 0.346 e. The summed E-state index contributed by atoms with van der Waals surface area (Å²) >= 11 is 0. The number of carbonyl (C=O) groups is 1. The zero-order valence-electron chi connectivity index (χ0n) is 11.7. The van der Waals surface area contributed by atoms with Gasteiger partial charge in [0.05, 0.1) is 0 Å². The van der Waals surface area contributed by atoms with Gasteiger partial charge in [0, 0.05) is 19.5 Å². The van der Waals surface area contributed by atoms with Crippen molar-refractivity contribution < 1.29 is 4.79 Å². The molecule has 2 nitrogen and oxygen atoms in total. The van der Waals surface area contributed by atoms with Crippen LogP contribution in [0.1, 0.15) is 71.1 Å². The van der Waals surface area contributed by atoms with E-state index in [4.69, 9.17) is 0 Å². The van der Waals surface area contributed by atoms with Gasteiger partial charge in [-0.15, -0.1) is 0 Å². The summed E-state index contributed by atoms with van der Waals surface area (Å²) < 4.78 is 0. The van der Waals surface area contributed by atoms with Gasteiger partial charge in [0.25, 0.3) is 0 Å². The van der Waals surface area contributed by atoms with Gasteiger partial charge >= 0.3 is 0 Å². The molecule has 0 aromatic heterocycles. The van der Waals surface area contributed by atoms with E-state index in [0.29, 0.717) is 11.8 Å². The normalized spacial score (nSPS) is 14.9. The van der Waals surface area contributed by atoms with Gasteiger partial charge in [-0.1, -0.05) is 51.9 Å². The highest BCUT2D eigenvalue weighted by Gasteiger charge is 2.31. The van der Waals surface area contributed by atoms with E-state index in [1.807, 2.05) is 11.9 Å². The zero-order valence-corrected chi connectivity index (χ0v) is 11.7. The second-order valence-corrected chi connectivity index (χ2v) is 5.51. The monoisotopic (exact) mass is 239 g/mol. The number of rotatable bonds is 10. The summed E-state index contributed by atoms with van der Waals surface area (Å²) in [5, 5.41) is 0. The van der Waals surface area contributed by atoms with Gasteiger partial charge in [0.2, 0.25) is 5.91 Å². The van der Waals surface area contributed by atoms with Gasteiger partial charge in [0.15, 0.2) is 0 Å². The molecular weight excluding hydrogens is 210 g/mol. The molecule has 1 fully saturated rings. The van der Waals surface area contributed by atoms with Gasteiger partial charge < -0.3 is 4.90 Å². The lowest BCUT2D eigenvalue weighted by atomic mass is 10.1. The molecule has 0 atom stereocenters. The van der Waals surface area contributed by atoms with E-state index >= 15 is 0 Å². The van der Waals surface area contributed by atoms with Gasteiger partial charge in [-0.3, -0.25) is 4.79 Å². The van der Waals surface area contributed by atoms with Gasteiger partial charge in [-0.05, 0) is 19.3 Å². The van der Waals surface area contributed by atoms with Crippen molar-refractivity contribution in [3.8, 4) is 0 Å². The smallest absolute Gasteiger partial charge is 0.225 e. The first kappa shape index (κ1) is 14.5. The summed E-state index contributed by atoms with van der Waals surface area (Å²) in [6.07, 6.45) is 12.9. The van der Waals surface area contributed by atoms with Crippen molar-refractivity contribution in [2.75, 3.05) is 13.6 Å². The zero-order chi connectivity index (χ0) is 12.5. The summed E-state index contributed by atoms with van der Waals surface area (Å²) in [6.45, 7) is 3.22. The van der Waals surface area contributed by atoms with Crippen LogP contribution in [0.3, 0.4) is 0 Å². The molecule has 1 aliphatic rings. The molecule has 0 bridgehead atoms. The van der Waals surface area contributed by atoms with Crippen LogP contribution in [-0.2, 0) is 4.79 Å². The molecule has 1 rings (SSSR count). The molecule has 0 heterocycles. The average molecular weight is 239 g/mol. The first-order valence-electron chi connectivity index (χ1n) is 7.50. The molecule has 0 aliphatic heterocycles. The van der Waals surface area contributed by atoms with Crippen LogP contribution in [-0.4, -0.2) is 24.4 Å². The third-order valence-corrected chi connectivity index (χ3v) is 3.65. The summed E-state index contributed by atoms with van der Waals surface area (Å²) in [5.41, 5.74) is 0. The molecule has 2 heteroatoms. The molecule has 100 valence electrons. The number of unbranched alkanes of at least 4 members (excludes halogenated alkanes) is 7. The van der Waals surface area contributed by atoms with Crippen molar-refractivity contribution in [2.45, 2.75) is 71.1 Å². The van der Waals surface area contributed by atoms with Gasteiger partial charge in [-0.2, -0.15) is 0 Å². The second kappa shape index (κ2) is 8.54. The third kappa shape index (κ3) is 6.70. The Hall–Kier alpha value is -0.530. The predicted molar refractivity (Wildman–Crippen MR) is 73.0 cm³/mol. The highest BCUT2D eigenvalue weighted by Crippen LogP contribution is 2.30. The third-order valence-electron chi connectivity index (χ3n) is 3.65. The van der Waals surface area contributed by atoms with Crippen LogP contribution in [0.2, 0.25) is 0 Å². The fourth-order valence-corrected chi connectivity index (χ4v) is 2.24. The molecule has 0 N–H and O–H groups in total. The standard InChI is InChI=1S/C15H29NO/c1-3-4-5-6-7-8-9-10-13-16(2)15(17)14-11-12-14/h14H,3-13H2,1-2H3. The van der Waals surface area contributed by atoms with E-state index in [1.54, 1.807) is 0 Å². The van der Waals surface area contributed by atoms with E-state index in [0.717, 1.165) is 19.4 Å². The molecule has 0 aromatic rings. The Morgan fingerprint density at radius 1 is 1.00 bits per heavy atom. The number of hydrogen-bond donors (Lipinski definition) is 0. The van der Waals surface area contributed by atoms with E-state index in [2.05, 4.69) is 6.92 Å². The summed E-state index contributed by atoms with van der Waals surface area (Å²) in [7, 11) is 1.96. The van der Waals surface area contributed by atoms with Crippen LogP contribution in [0, 0.1) is 5.92 Å². The van der Waals surface area contributed by atoms with Crippen LogP contribution in [0.4, 0.5) is 0 Å². The minimum absolute atomic E-state index is 0.382. The first-order chi connectivity index (χ1) is 8.25. The van der Waals surface area contributed by atoms with E-state index < -0.39 is 0 Å². The molecule has 0 radical (unpaired) electrons. The highest BCUT2D eigenvalue weighted by molar-refractivity contribution is 5.80. The molecule has 1 aliphatic carbocycles. The lowest BCUT2D eigenvalue weighted by Crippen LogP contribution is -2.28. The Kier molecular flexibility index (Phi) is 7.30. The minimum atomic E-state index is 0.382. The fraction of sp³-hybridized carbons (Fsp3) is 0.933. The molecular formula is C15H29NO. The van der Waals surface area contributed by atoms with Crippen molar-refractivity contribution in [3.05, 3.63) is 0 Å². The molecule has 0 saturated heterocycles. The van der Waals surface area contributed by atoms with Crippen molar-refractivity contribution in [1.82, 2.24) is 4.90 Å². The second-order valence-electron chi connectivity index (χ2n) is 5.51. The van der Waals surface area contributed by atoms with Gasteiger partial charge in [0.1, 0.15) is 0 Å². The summed E-state index contributed by atoms with van der Waals surface area (Å²) in [5.74, 6) is 0.766. The van der Waals surface area contributed by atoms with E-state index in [9.17, 15) is 4.79 Å². The molecule has 0 unspecified atom stereocenters. The average Bonchev–Trinajstić information content (AvgIpc) is 3.15. The van der Waals surface area contributed by atoms with Crippen LogP contribution < -0.4 is 0 Å². The molecule has 0 spiro atoms. The van der Waals surface area contributed by atoms with Crippen molar-refractivity contribution >= 4 is 5.91 Å². The molecule has 1 amide bonds. The summed E-state index contributed by atoms with van der Waals surface area (Å²) in [4.78, 5) is 13.6. The molecule has 1 saturated carbocycles. The number of carbonyl (C=O) groups excluding carboxylic acids is 1. The van der Waals surface area contributed by atoms with Crippen LogP contribution in [0.25, 0.3) is 0 Å². The lowest BCUT2D eigenvalue weighted by Gasteiger charge is -2.16. The Labute approximate surface area is 107 Å². The maximum Gasteiger partial charge on any atom is 0.225 e. The van der Waals surface area contributed by atoms with Gasteiger partial charge in [-0.25, -0.2) is 0 Å². The van der Waals surface area contributed by atoms with Crippen molar-refractivity contribution in [1.29, 1.82) is 0 Å². The fourth-order valence-electron chi connectivity index (χ4n) is 2.24. The van der Waals surface area contributed by atoms with Crippen molar-refractivity contribution in [3.63, 3.8) is 0 Å². The number of amides is 1. The maximum absolute atomic E-state index is 11.7. The molecule has 0 aromatic carbocycles. The van der Waals surface area contributed by atoms with E-state index in [-0.39, 0.29) is 0 Å². The van der Waals surface area contributed by atoms with Crippen LogP contribution >= 0.6 is 0 Å². The first-order valence-corrected chi connectivity index (χ1v) is 7.50. The maximum atomic E-state index is 11.7. The van der Waals surface area contributed by atoms with Crippen molar-refractivity contribution in [2.24, 2.45) is 5.92 Å². The minimum Gasteiger partial charge on any atom is -0.346 e. The highest BCUT2D eigenvalue weighted by atomic mass is 16.2. The number of hydrogen-bond acceptors (Lipinski definition) is 1. The Morgan fingerprint density at radius 3 is 2.06 bits per heavy atom. The Balaban J connectivity index is 1.84. The quantitative estimate of drug-likeness (QED) is 0.528. The van der Waals surface area contributed by atoms with E-state index in [1.165, 1.54) is 51.4 Å². The Bertz CT molecular complexity index is 211. The number of nitrogens with zero attached hydrogens (tertiary/aromatic N) is 1. The topological polar surface area (TPSA) is 20.3 Å². The van der Waals surface area contributed by atoms with Crippen LogP contribution in [0.5, 0.6) is 0 Å². The predicted octanol–water partition coefficient (Wildman–Crippen LogP) is 4.00. The SMILES string of the molecule is CCCCCCCCCCN(C)C(=O)C1CC1.